The molecule has 0 saturated heterocycles. The molecule has 0 aliphatic carbocycles. The predicted octanol–water partition coefficient (Wildman–Crippen LogP) is 2.96. The van der Waals surface area contributed by atoms with Gasteiger partial charge in [0.15, 0.2) is 0 Å². The van der Waals surface area contributed by atoms with Gasteiger partial charge in [0.1, 0.15) is 5.75 Å². The molecule has 0 bridgehead atoms. The van der Waals surface area contributed by atoms with Crippen molar-refractivity contribution in [1.29, 1.82) is 0 Å². The Morgan fingerprint density at radius 1 is 1.19 bits per heavy atom. The topological polar surface area (TPSA) is 23.5 Å². The number of fused-ring (bicyclic) bond motifs is 1. The molecule has 1 aliphatic heterocycles. The van der Waals surface area contributed by atoms with Crippen molar-refractivity contribution in [1.82, 2.24) is 4.90 Å². The molecular formula is C13H18BrNO. The summed E-state index contributed by atoms with van der Waals surface area (Å²) in [6, 6.07) is 4.57. The lowest BCUT2D eigenvalue weighted by atomic mass is 10.0. The smallest absolute Gasteiger partial charge is 0.130 e. The Bertz CT molecular complexity index is 357. The number of nitrogens with zero attached hydrogens (tertiary/aromatic N) is 1. The average Bonchev–Trinajstić information content (AvgIpc) is 2.41. The van der Waals surface area contributed by atoms with Gasteiger partial charge in [0.05, 0.1) is 4.47 Å². The largest absolute Gasteiger partial charge is 0.507 e. The van der Waals surface area contributed by atoms with Crippen LogP contribution in [0.5, 0.6) is 5.75 Å². The Balaban J connectivity index is 2.24. The van der Waals surface area contributed by atoms with Crippen molar-refractivity contribution in [2.75, 3.05) is 13.1 Å². The summed E-state index contributed by atoms with van der Waals surface area (Å²) in [5.41, 5.74) is 2.66. The van der Waals surface area contributed by atoms with Gasteiger partial charge in [-0.25, -0.2) is 0 Å². The first-order valence-electron chi connectivity index (χ1n) is 5.82. The summed E-state index contributed by atoms with van der Waals surface area (Å²) in [6.45, 7) is 6.68. The maximum absolute atomic E-state index is 9.68. The molecule has 0 aromatic heterocycles. The molecule has 0 spiro atoms. The lowest BCUT2D eigenvalue weighted by Gasteiger charge is -2.23. The summed E-state index contributed by atoms with van der Waals surface area (Å²) in [4.78, 5) is 2.49. The SMILES string of the molecule is CC(C)N1CCc2cc(O)c(Br)cc2CC1. The van der Waals surface area contributed by atoms with Crippen LogP contribution in [0.3, 0.4) is 0 Å². The van der Waals surface area contributed by atoms with E-state index in [4.69, 9.17) is 0 Å². The number of phenols is 1. The fourth-order valence-electron chi connectivity index (χ4n) is 2.27. The van der Waals surface area contributed by atoms with Crippen LogP contribution in [0, 0.1) is 0 Å². The molecule has 0 amide bonds. The molecule has 16 heavy (non-hydrogen) atoms. The highest BCUT2D eigenvalue weighted by atomic mass is 79.9. The minimum Gasteiger partial charge on any atom is -0.507 e. The summed E-state index contributed by atoms with van der Waals surface area (Å²) in [7, 11) is 0. The van der Waals surface area contributed by atoms with E-state index in [0.29, 0.717) is 11.8 Å². The van der Waals surface area contributed by atoms with Crippen LogP contribution >= 0.6 is 15.9 Å². The molecule has 0 saturated carbocycles. The minimum absolute atomic E-state index is 0.358. The van der Waals surface area contributed by atoms with E-state index in [2.05, 4.69) is 40.7 Å². The van der Waals surface area contributed by atoms with Gasteiger partial charge in [0, 0.05) is 19.1 Å². The average molecular weight is 284 g/mol. The molecule has 0 unspecified atom stereocenters. The second-order valence-corrected chi connectivity index (χ2v) is 5.56. The molecule has 1 heterocycles. The zero-order valence-electron chi connectivity index (χ0n) is 9.83. The number of hydrogen-bond donors (Lipinski definition) is 1. The maximum Gasteiger partial charge on any atom is 0.130 e. The van der Waals surface area contributed by atoms with Crippen molar-refractivity contribution < 1.29 is 5.11 Å². The molecule has 2 rings (SSSR count). The molecule has 0 atom stereocenters. The number of phenolic OH excluding ortho intramolecular Hbond substituents is 1. The third-order valence-electron chi connectivity index (χ3n) is 3.34. The van der Waals surface area contributed by atoms with Crippen molar-refractivity contribution in [3.8, 4) is 5.75 Å². The zero-order chi connectivity index (χ0) is 11.7. The summed E-state index contributed by atoms with van der Waals surface area (Å²) in [5, 5.41) is 9.68. The first kappa shape index (κ1) is 11.9. The maximum atomic E-state index is 9.68. The van der Waals surface area contributed by atoms with Gasteiger partial charge in [0.25, 0.3) is 0 Å². The fraction of sp³-hybridized carbons (Fsp3) is 0.538. The number of benzene rings is 1. The van der Waals surface area contributed by atoms with Gasteiger partial charge in [-0.2, -0.15) is 0 Å². The van der Waals surface area contributed by atoms with Gasteiger partial charge >= 0.3 is 0 Å². The van der Waals surface area contributed by atoms with E-state index < -0.39 is 0 Å². The van der Waals surface area contributed by atoms with Gasteiger partial charge in [-0.1, -0.05) is 0 Å². The van der Waals surface area contributed by atoms with E-state index in [1.165, 1.54) is 11.1 Å². The standard InChI is InChI=1S/C13H18BrNO/c1-9(2)15-5-3-10-7-12(14)13(16)8-11(10)4-6-15/h7-9,16H,3-6H2,1-2H3. The predicted molar refractivity (Wildman–Crippen MR) is 69.9 cm³/mol. The Labute approximate surface area is 105 Å². The molecule has 0 radical (unpaired) electrons. The first-order chi connectivity index (χ1) is 7.58. The van der Waals surface area contributed by atoms with E-state index in [9.17, 15) is 5.11 Å². The highest BCUT2D eigenvalue weighted by Gasteiger charge is 2.17. The third-order valence-corrected chi connectivity index (χ3v) is 3.97. The highest BCUT2D eigenvalue weighted by Crippen LogP contribution is 2.29. The van der Waals surface area contributed by atoms with Crippen molar-refractivity contribution in [2.24, 2.45) is 0 Å². The Kier molecular flexibility index (Phi) is 3.55. The molecule has 1 N–H and O–H groups in total. The van der Waals surface area contributed by atoms with Crippen molar-refractivity contribution in [3.05, 3.63) is 27.7 Å². The first-order valence-corrected chi connectivity index (χ1v) is 6.61. The van der Waals surface area contributed by atoms with Crippen molar-refractivity contribution in [2.45, 2.75) is 32.7 Å². The van der Waals surface area contributed by atoms with Gasteiger partial charge in [0.2, 0.25) is 0 Å². The number of hydrogen-bond acceptors (Lipinski definition) is 2. The van der Waals surface area contributed by atoms with Gasteiger partial charge in [-0.05, 0) is 65.9 Å². The number of aromatic hydroxyl groups is 1. The van der Waals surface area contributed by atoms with Gasteiger partial charge < -0.3 is 10.0 Å². The highest BCUT2D eigenvalue weighted by molar-refractivity contribution is 9.10. The van der Waals surface area contributed by atoms with Crippen LogP contribution in [0.25, 0.3) is 0 Å². The number of rotatable bonds is 1. The third kappa shape index (κ3) is 2.41. The molecule has 1 aromatic carbocycles. The summed E-state index contributed by atoms with van der Waals surface area (Å²) in [6.07, 6.45) is 2.11. The van der Waals surface area contributed by atoms with Crippen LogP contribution in [-0.4, -0.2) is 29.1 Å². The Morgan fingerprint density at radius 2 is 1.75 bits per heavy atom. The molecule has 2 nitrogen and oxygen atoms in total. The Morgan fingerprint density at radius 3 is 2.31 bits per heavy atom. The molecule has 88 valence electrons. The van der Waals surface area contributed by atoms with E-state index in [1.54, 1.807) is 0 Å². The molecular weight excluding hydrogens is 266 g/mol. The Hall–Kier alpha value is -0.540. The van der Waals surface area contributed by atoms with E-state index in [-0.39, 0.29) is 0 Å². The quantitative estimate of drug-likeness (QED) is 0.857. The normalized spacial score (nSPS) is 17.2. The fourth-order valence-corrected chi connectivity index (χ4v) is 2.66. The van der Waals surface area contributed by atoms with E-state index >= 15 is 0 Å². The van der Waals surface area contributed by atoms with E-state index in [0.717, 1.165) is 30.4 Å². The lowest BCUT2D eigenvalue weighted by Crippen LogP contribution is -2.32. The molecule has 1 aliphatic rings. The zero-order valence-corrected chi connectivity index (χ0v) is 11.4. The van der Waals surface area contributed by atoms with Crippen LogP contribution in [0.2, 0.25) is 0 Å². The van der Waals surface area contributed by atoms with Gasteiger partial charge in [-0.15, -0.1) is 0 Å². The van der Waals surface area contributed by atoms with Crippen LogP contribution in [0.1, 0.15) is 25.0 Å². The van der Waals surface area contributed by atoms with Crippen LogP contribution < -0.4 is 0 Å². The second-order valence-electron chi connectivity index (χ2n) is 4.70. The van der Waals surface area contributed by atoms with Crippen LogP contribution in [0.4, 0.5) is 0 Å². The van der Waals surface area contributed by atoms with Crippen molar-refractivity contribution in [3.63, 3.8) is 0 Å². The van der Waals surface area contributed by atoms with Crippen LogP contribution in [-0.2, 0) is 12.8 Å². The van der Waals surface area contributed by atoms with Crippen molar-refractivity contribution >= 4 is 15.9 Å². The van der Waals surface area contributed by atoms with Crippen LogP contribution in [0.15, 0.2) is 16.6 Å². The molecule has 0 fully saturated rings. The van der Waals surface area contributed by atoms with E-state index in [1.807, 2.05) is 6.07 Å². The second kappa shape index (κ2) is 4.76. The summed E-state index contributed by atoms with van der Waals surface area (Å²) in [5.74, 6) is 0.358. The summed E-state index contributed by atoms with van der Waals surface area (Å²) < 4.78 is 0.809. The monoisotopic (exact) mass is 283 g/mol. The number of halogens is 1. The summed E-state index contributed by atoms with van der Waals surface area (Å²) >= 11 is 3.38. The minimum atomic E-state index is 0.358. The lowest BCUT2D eigenvalue weighted by molar-refractivity contribution is 0.233. The molecule has 1 aromatic rings. The molecule has 3 heteroatoms. The van der Waals surface area contributed by atoms with Gasteiger partial charge in [-0.3, -0.25) is 0 Å².